The van der Waals surface area contributed by atoms with Crippen molar-refractivity contribution in [3.63, 3.8) is 0 Å². The quantitative estimate of drug-likeness (QED) is 0.350. The highest BCUT2D eigenvalue weighted by molar-refractivity contribution is 5.33. The zero-order valence-corrected chi connectivity index (χ0v) is 18.8. The van der Waals surface area contributed by atoms with Crippen molar-refractivity contribution in [3.05, 3.63) is 70.5 Å². The normalized spacial score (nSPS) is 19.0. The number of ether oxygens (including phenoxy) is 1. The summed E-state index contributed by atoms with van der Waals surface area (Å²) in [6, 6.07) is 12.4. The van der Waals surface area contributed by atoms with Crippen molar-refractivity contribution in [3.8, 4) is 6.07 Å². The molecule has 32 heavy (non-hydrogen) atoms. The predicted molar refractivity (Wildman–Crippen MR) is 120 cm³/mol. The van der Waals surface area contributed by atoms with Crippen LogP contribution in [-0.4, -0.2) is 6.61 Å². The van der Waals surface area contributed by atoms with E-state index in [9.17, 15) is 13.2 Å². The van der Waals surface area contributed by atoms with Crippen LogP contribution in [0, 0.1) is 23.1 Å². The first-order valence-corrected chi connectivity index (χ1v) is 11.7. The molecule has 1 saturated carbocycles. The molecule has 0 N–H and O–H groups in total. The molecule has 1 fully saturated rings. The van der Waals surface area contributed by atoms with Gasteiger partial charge in [-0.1, -0.05) is 62.9 Å². The molecule has 0 atom stereocenters. The van der Waals surface area contributed by atoms with Gasteiger partial charge in [0.15, 0.2) is 0 Å². The van der Waals surface area contributed by atoms with Crippen molar-refractivity contribution in [2.24, 2.45) is 5.92 Å². The van der Waals surface area contributed by atoms with Crippen LogP contribution in [0.15, 0.2) is 42.5 Å². The third kappa shape index (κ3) is 6.59. The van der Waals surface area contributed by atoms with Gasteiger partial charge < -0.3 is 4.74 Å². The molecule has 1 aliphatic carbocycles. The van der Waals surface area contributed by atoms with Crippen molar-refractivity contribution in [1.82, 2.24) is 0 Å². The minimum Gasteiger partial charge on any atom is -0.316 e. The Labute approximate surface area is 189 Å². The van der Waals surface area contributed by atoms with E-state index in [1.165, 1.54) is 62.8 Å². The molecule has 2 aromatic rings. The van der Waals surface area contributed by atoms with Crippen molar-refractivity contribution in [2.45, 2.75) is 76.7 Å². The molecule has 2 nitrogen and oxygen atoms in total. The van der Waals surface area contributed by atoms with E-state index in [2.05, 4.69) is 6.92 Å². The number of benzene rings is 2. The fourth-order valence-corrected chi connectivity index (χ4v) is 4.60. The molecule has 0 heterocycles. The van der Waals surface area contributed by atoms with E-state index in [1.807, 2.05) is 12.1 Å². The molecule has 0 radical (unpaired) electrons. The van der Waals surface area contributed by atoms with Gasteiger partial charge in [0, 0.05) is 0 Å². The number of alkyl halides is 2. The largest absolute Gasteiger partial charge is 0.383 e. The van der Waals surface area contributed by atoms with Crippen molar-refractivity contribution >= 4 is 0 Å². The Morgan fingerprint density at radius 3 is 2.38 bits per heavy atom. The molecule has 2 aromatic carbocycles. The number of rotatable bonds is 10. The Balaban J connectivity index is 1.49. The Hall–Kier alpha value is -2.32. The van der Waals surface area contributed by atoms with Crippen LogP contribution in [0.2, 0.25) is 0 Å². The van der Waals surface area contributed by atoms with Gasteiger partial charge in [0.25, 0.3) is 0 Å². The maximum absolute atomic E-state index is 14.5. The van der Waals surface area contributed by atoms with Gasteiger partial charge in [-0.05, 0) is 67.2 Å². The van der Waals surface area contributed by atoms with E-state index < -0.39 is 11.9 Å². The van der Waals surface area contributed by atoms with E-state index in [0.717, 1.165) is 24.3 Å². The summed E-state index contributed by atoms with van der Waals surface area (Å²) in [6.07, 6.45) is 6.64. The second kappa shape index (κ2) is 11.5. The molecule has 0 aromatic heterocycles. The summed E-state index contributed by atoms with van der Waals surface area (Å²) in [4.78, 5) is 0. The van der Waals surface area contributed by atoms with Gasteiger partial charge in [0.2, 0.25) is 0 Å². The summed E-state index contributed by atoms with van der Waals surface area (Å²) in [5, 5.41) is 8.76. The lowest BCUT2D eigenvalue weighted by Gasteiger charge is -2.29. The standard InChI is InChI=1S/C27H32F3NO/c1-2-3-4-5-20-6-9-22(10-7-20)23-12-14-25(15-13-23)27(29,30)32-17-16-21-8-11-24(19-31)26(28)18-21/h8,11-15,18,20,22H,2-7,9-10,16-17H2,1H3. The van der Waals surface area contributed by atoms with Gasteiger partial charge in [-0.15, -0.1) is 0 Å². The summed E-state index contributed by atoms with van der Waals surface area (Å²) in [7, 11) is 0. The smallest absolute Gasteiger partial charge is 0.316 e. The summed E-state index contributed by atoms with van der Waals surface area (Å²) in [6.45, 7) is 1.98. The summed E-state index contributed by atoms with van der Waals surface area (Å²) in [5.41, 5.74) is 1.41. The third-order valence-electron chi connectivity index (χ3n) is 6.61. The second-order valence-corrected chi connectivity index (χ2v) is 8.88. The number of nitrogens with zero attached hydrogens (tertiary/aromatic N) is 1. The van der Waals surface area contributed by atoms with Crippen LogP contribution >= 0.6 is 0 Å². The average Bonchev–Trinajstić information content (AvgIpc) is 2.80. The number of hydrogen-bond donors (Lipinski definition) is 0. The Bertz CT molecular complexity index is 896. The molecule has 5 heteroatoms. The Kier molecular flexibility index (Phi) is 8.75. The molecule has 172 valence electrons. The highest BCUT2D eigenvalue weighted by Crippen LogP contribution is 2.39. The fraction of sp³-hybridized carbons (Fsp3) is 0.519. The number of nitriles is 1. The molecule has 0 unspecified atom stereocenters. The SMILES string of the molecule is CCCCCC1CCC(c2ccc(C(F)(F)OCCc3ccc(C#N)c(F)c3)cc2)CC1. The van der Waals surface area contributed by atoms with Crippen LogP contribution < -0.4 is 0 Å². The monoisotopic (exact) mass is 443 g/mol. The lowest BCUT2D eigenvalue weighted by atomic mass is 9.77. The zero-order valence-electron chi connectivity index (χ0n) is 18.8. The van der Waals surface area contributed by atoms with E-state index in [1.54, 1.807) is 12.1 Å². The molecule has 0 saturated heterocycles. The van der Waals surface area contributed by atoms with E-state index in [0.29, 0.717) is 11.5 Å². The molecule has 0 amide bonds. The van der Waals surface area contributed by atoms with Crippen molar-refractivity contribution < 1.29 is 17.9 Å². The van der Waals surface area contributed by atoms with Gasteiger partial charge in [-0.2, -0.15) is 14.0 Å². The van der Waals surface area contributed by atoms with Crippen LogP contribution in [0.3, 0.4) is 0 Å². The van der Waals surface area contributed by atoms with E-state index in [4.69, 9.17) is 10.00 Å². The van der Waals surface area contributed by atoms with Crippen LogP contribution in [0.25, 0.3) is 0 Å². The van der Waals surface area contributed by atoms with Crippen LogP contribution in [0.4, 0.5) is 13.2 Å². The topological polar surface area (TPSA) is 33.0 Å². The minimum atomic E-state index is -3.40. The summed E-state index contributed by atoms with van der Waals surface area (Å²) >= 11 is 0. The molecular weight excluding hydrogens is 411 g/mol. The first-order chi connectivity index (χ1) is 15.4. The lowest BCUT2D eigenvalue weighted by Crippen LogP contribution is -2.20. The number of hydrogen-bond acceptors (Lipinski definition) is 2. The van der Waals surface area contributed by atoms with Gasteiger partial charge in [0.05, 0.1) is 17.7 Å². The van der Waals surface area contributed by atoms with Gasteiger partial charge in [-0.3, -0.25) is 0 Å². The molecule has 3 rings (SSSR count). The average molecular weight is 444 g/mol. The number of halogens is 3. The maximum atomic E-state index is 14.5. The summed E-state index contributed by atoms with van der Waals surface area (Å²) < 4.78 is 47.5. The highest BCUT2D eigenvalue weighted by Gasteiger charge is 2.33. The van der Waals surface area contributed by atoms with Crippen molar-refractivity contribution in [2.75, 3.05) is 6.61 Å². The highest BCUT2D eigenvalue weighted by atomic mass is 19.3. The molecular formula is C27H32F3NO. The predicted octanol–water partition coefficient (Wildman–Crippen LogP) is 7.86. The van der Waals surface area contributed by atoms with Gasteiger partial charge >= 0.3 is 6.11 Å². The first kappa shape index (κ1) is 24.3. The summed E-state index contributed by atoms with van der Waals surface area (Å²) in [5.74, 6) is 0.619. The van der Waals surface area contributed by atoms with Gasteiger partial charge in [0.1, 0.15) is 11.9 Å². The third-order valence-corrected chi connectivity index (χ3v) is 6.61. The lowest BCUT2D eigenvalue weighted by molar-refractivity contribution is -0.248. The van der Waals surface area contributed by atoms with Crippen LogP contribution in [0.1, 0.15) is 86.5 Å². The fourth-order valence-electron chi connectivity index (χ4n) is 4.60. The Morgan fingerprint density at radius 1 is 1.03 bits per heavy atom. The molecule has 0 aliphatic heterocycles. The zero-order chi connectivity index (χ0) is 23.0. The van der Waals surface area contributed by atoms with Gasteiger partial charge in [-0.25, -0.2) is 4.39 Å². The minimum absolute atomic E-state index is 0.0648. The molecule has 0 spiro atoms. The van der Waals surface area contributed by atoms with E-state index in [-0.39, 0.29) is 24.2 Å². The number of unbranched alkanes of at least 4 members (excludes halogenated alkanes) is 2. The Morgan fingerprint density at radius 2 is 1.75 bits per heavy atom. The van der Waals surface area contributed by atoms with E-state index >= 15 is 0 Å². The molecule has 1 aliphatic rings. The second-order valence-electron chi connectivity index (χ2n) is 8.88. The van der Waals surface area contributed by atoms with Crippen molar-refractivity contribution in [1.29, 1.82) is 5.26 Å². The maximum Gasteiger partial charge on any atom is 0.383 e. The van der Waals surface area contributed by atoms with Crippen LogP contribution in [0.5, 0.6) is 0 Å². The first-order valence-electron chi connectivity index (χ1n) is 11.7. The molecule has 0 bridgehead atoms. The van der Waals surface area contributed by atoms with Crippen LogP contribution in [-0.2, 0) is 17.3 Å².